The molecule has 0 radical (unpaired) electrons. The van der Waals surface area contributed by atoms with Crippen LogP contribution in [0, 0.1) is 5.82 Å². The zero-order valence-corrected chi connectivity index (χ0v) is 10.2. The van der Waals surface area contributed by atoms with Gasteiger partial charge in [-0.1, -0.05) is 12.2 Å². The van der Waals surface area contributed by atoms with Crippen molar-refractivity contribution < 1.29 is 9.18 Å². The second-order valence-corrected chi connectivity index (χ2v) is 3.90. The van der Waals surface area contributed by atoms with E-state index in [1.54, 1.807) is 6.07 Å². The van der Waals surface area contributed by atoms with Crippen molar-refractivity contribution in [3.8, 4) is 0 Å². The molecule has 0 atom stereocenters. The van der Waals surface area contributed by atoms with Crippen molar-refractivity contribution in [2.75, 3.05) is 18.4 Å². The lowest BCUT2D eigenvalue weighted by atomic mass is 10.1. The van der Waals surface area contributed by atoms with Crippen LogP contribution in [0.5, 0.6) is 0 Å². The predicted molar refractivity (Wildman–Crippen MR) is 69.5 cm³/mol. The van der Waals surface area contributed by atoms with Gasteiger partial charge in [-0.15, -0.1) is 0 Å². The molecule has 0 aliphatic heterocycles. The molecule has 0 aliphatic rings. The molecule has 0 spiro atoms. The molecule has 4 nitrogen and oxygen atoms in total. The van der Waals surface area contributed by atoms with Gasteiger partial charge in [-0.25, -0.2) is 4.39 Å². The summed E-state index contributed by atoms with van der Waals surface area (Å²) in [6, 6.07) is 4.17. The summed E-state index contributed by atoms with van der Waals surface area (Å²) in [4.78, 5) is 10.8. The van der Waals surface area contributed by atoms with Crippen molar-refractivity contribution in [3.05, 3.63) is 29.6 Å². The van der Waals surface area contributed by atoms with Gasteiger partial charge in [-0.2, -0.15) is 0 Å². The summed E-state index contributed by atoms with van der Waals surface area (Å²) in [7, 11) is 0. The van der Waals surface area contributed by atoms with Gasteiger partial charge in [0.05, 0.1) is 0 Å². The van der Waals surface area contributed by atoms with Gasteiger partial charge in [0.25, 0.3) is 0 Å². The Morgan fingerprint density at radius 1 is 1.47 bits per heavy atom. The minimum atomic E-state index is -0.389. The van der Waals surface area contributed by atoms with E-state index in [2.05, 4.69) is 10.6 Å². The second-order valence-electron chi connectivity index (χ2n) is 3.46. The normalized spacial score (nSPS) is 9.76. The van der Waals surface area contributed by atoms with Crippen LogP contribution in [0.4, 0.5) is 10.1 Å². The zero-order valence-electron chi connectivity index (χ0n) is 9.42. The van der Waals surface area contributed by atoms with Crippen LogP contribution in [0.3, 0.4) is 0 Å². The number of carbonyl (C=O) groups excluding carboxylic acids is 1. The van der Waals surface area contributed by atoms with Crippen LogP contribution in [-0.4, -0.2) is 24.0 Å². The average molecular weight is 255 g/mol. The van der Waals surface area contributed by atoms with Crippen molar-refractivity contribution in [3.63, 3.8) is 0 Å². The molecule has 1 aromatic rings. The van der Waals surface area contributed by atoms with Crippen molar-refractivity contribution >= 4 is 28.8 Å². The van der Waals surface area contributed by atoms with Gasteiger partial charge in [0, 0.05) is 31.3 Å². The van der Waals surface area contributed by atoms with Gasteiger partial charge in [0.1, 0.15) is 10.8 Å². The molecule has 0 bridgehead atoms. The van der Waals surface area contributed by atoms with Crippen LogP contribution in [0.2, 0.25) is 0 Å². The standard InChI is InChI=1S/C11H14FN3OS/c1-7(16)14-4-5-15-10-3-2-8(12)6-9(10)11(13)17/h2-3,6,15H,4-5H2,1H3,(H2,13,17)(H,14,16). The molecule has 0 unspecified atom stereocenters. The van der Waals surface area contributed by atoms with E-state index in [-0.39, 0.29) is 16.7 Å². The molecule has 0 aliphatic carbocycles. The van der Waals surface area contributed by atoms with Crippen LogP contribution in [0.1, 0.15) is 12.5 Å². The summed E-state index contributed by atoms with van der Waals surface area (Å²) in [6.45, 7) is 2.43. The maximum atomic E-state index is 13.0. The van der Waals surface area contributed by atoms with Gasteiger partial charge in [0.15, 0.2) is 0 Å². The zero-order chi connectivity index (χ0) is 12.8. The number of hydrogen-bond donors (Lipinski definition) is 3. The molecule has 6 heteroatoms. The summed E-state index contributed by atoms with van der Waals surface area (Å²) in [5.41, 5.74) is 6.61. The molecule has 0 fully saturated rings. The van der Waals surface area contributed by atoms with Crippen LogP contribution in [-0.2, 0) is 4.79 Å². The summed E-state index contributed by atoms with van der Waals surface area (Å²) in [5, 5.41) is 5.66. The monoisotopic (exact) mass is 255 g/mol. The maximum absolute atomic E-state index is 13.0. The molecule has 4 N–H and O–H groups in total. The molecule has 1 aromatic carbocycles. The van der Waals surface area contributed by atoms with E-state index in [0.29, 0.717) is 24.3 Å². The Kier molecular flexibility index (Phi) is 4.84. The Balaban J connectivity index is 2.64. The Bertz CT molecular complexity index is 437. The van der Waals surface area contributed by atoms with Crippen LogP contribution >= 0.6 is 12.2 Å². The third kappa shape index (κ3) is 4.36. The second kappa shape index (κ2) is 6.15. The summed E-state index contributed by atoms with van der Waals surface area (Å²) >= 11 is 4.83. The van der Waals surface area contributed by atoms with Crippen molar-refractivity contribution in [2.24, 2.45) is 5.73 Å². The first-order valence-electron chi connectivity index (χ1n) is 5.08. The number of hydrogen-bond acceptors (Lipinski definition) is 3. The summed E-state index contributed by atoms with van der Waals surface area (Å²) in [5.74, 6) is -0.485. The van der Waals surface area contributed by atoms with Gasteiger partial charge in [0.2, 0.25) is 5.91 Å². The highest BCUT2D eigenvalue weighted by atomic mass is 32.1. The lowest BCUT2D eigenvalue weighted by Gasteiger charge is -2.11. The first-order valence-corrected chi connectivity index (χ1v) is 5.49. The molecule has 0 saturated heterocycles. The van der Waals surface area contributed by atoms with Crippen molar-refractivity contribution in [1.82, 2.24) is 5.32 Å². The molecule has 0 heterocycles. The van der Waals surface area contributed by atoms with Gasteiger partial charge < -0.3 is 16.4 Å². The van der Waals surface area contributed by atoms with Crippen LogP contribution < -0.4 is 16.4 Å². The first-order chi connectivity index (χ1) is 8.00. The third-order valence-corrected chi connectivity index (χ3v) is 2.28. The van der Waals surface area contributed by atoms with Gasteiger partial charge >= 0.3 is 0 Å². The molecule has 17 heavy (non-hydrogen) atoms. The summed E-state index contributed by atoms with van der Waals surface area (Å²) < 4.78 is 13.0. The molecule has 1 rings (SSSR count). The average Bonchev–Trinajstić information content (AvgIpc) is 2.25. The fraction of sp³-hybridized carbons (Fsp3) is 0.273. The largest absolute Gasteiger partial charge is 0.389 e. The molecule has 0 saturated carbocycles. The molecule has 0 aromatic heterocycles. The number of anilines is 1. The van der Waals surface area contributed by atoms with E-state index >= 15 is 0 Å². The molecule has 92 valence electrons. The minimum absolute atomic E-state index is 0.0968. The van der Waals surface area contributed by atoms with Crippen LogP contribution in [0.25, 0.3) is 0 Å². The van der Waals surface area contributed by atoms with Crippen molar-refractivity contribution in [1.29, 1.82) is 0 Å². The number of nitrogens with one attached hydrogen (secondary N) is 2. The number of benzene rings is 1. The first kappa shape index (κ1) is 13.4. The van der Waals surface area contributed by atoms with E-state index in [9.17, 15) is 9.18 Å². The quantitative estimate of drug-likeness (QED) is 0.542. The smallest absolute Gasteiger partial charge is 0.216 e. The third-order valence-electron chi connectivity index (χ3n) is 2.06. The van der Waals surface area contributed by atoms with Gasteiger partial charge in [-0.3, -0.25) is 4.79 Å². The molecular weight excluding hydrogens is 241 g/mol. The van der Waals surface area contributed by atoms with E-state index in [0.717, 1.165) is 0 Å². The highest BCUT2D eigenvalue weighted by Gasteiger charge is 2.06. The number of thiocarbonyl (C=S) groups is 1. The predicted octanol–water partition coefficient (Wildman–Crippen LogP) is 1.01. The molecular formula is C11H14FN3OS. The fourth-order valence-corrected chi connectivity index (χ4v) is 1.48. The number of rotatable bonds is 5. The highest BCUT2D eigenvalue weighted by Crippen LogP contribution is 2.16. The van der Waals surface area contributed by atoms with Crippen molar-refractivity contribution in [2.45, 2.75) is 6.92 Å². The fourth-order valence-electron chi connectivity index (χ4n) is 1.31. The Hall–Kier alpha value is -1.69. The number of amides is 1. The lowest BCUT2D eigenvalue weighted by molar-refractivity contribution is -0.118. The summed E-state index contributed by atoms with van der Waals surface area (Å²) in [6.07, 6.45) is 0. The van der Waals surface area contributed by atoms with E-state index in [1.807, 2.05) is 0 Å². The van der Waals surface area contributed by atoms with E-state index in [4.69, 9.17) is 18.0 Å². The lowest BCUT2D eigenvalue weighted by Crippen LogP contribution is -2.26. The topological polar surface area (TPSA) is 67.2 Å². The maximum Gasteiger partial charge on any atom is 0.216 e. The number of nitrogens with two attached hydrogens (primary N) is 1. The molecule has 1 amide bonds. The highest BCUT2D eigenvalue weighted by molar-refractivity contribution is 7.80. The number of halogens is 1. The Morgan fingerprint density at radius 2 is 2.18 bits per heavy atom. The minimum Gasteiger partial charge on any atom is -0.389 e. The SMILES string of the molecule is CC(=O)NCCNc1ccc(F)cc1C(N)=S. The van der Waals surface area contributed by atoms with Gasteiger partial charge in [-0.05, 0) is 18.2 Å². The Labute approximate surface area is 104 Å². The Morgan fingerprint density at radius 3 is 2.76 bits per heavy atom. The van der Waals surface area contributed by atoms with E-state index in [1.165, 1.54) is 19.1 Å². The van der Waals surface area contributed by atoms with E-state index < -0.39 is 0 Å². The number of carbonyl (C=O) groups is 1. The van der Waals surface area contributed by atoms with Crippen LogP contribution in [0.15, 0.2) is 18.2 Å².